The lowest BCUT2D eigenvalue weighted by Crippen LogP contribution is -2.48. The first-order valence-corrected chi connectivity index (χ1v) is 25.7. The lowest BCUT2D eigenvalue weighted by molar-refractivity contribution is 0.0178. The molecule has 362 valence electrons. The summed E-state index contributed by atoms with van der Waals surface area (Å²) in [6.45, 7) is 37.7. The van der Waals surface area contributed by atoms with E-state index in [1.807, 2.05) is 6.20 Å². The van der Waals surface area contributed by atoms with E-state index in [0.29, 0.717) is 5.90 Å². The zero-order valence-corrected chi connectivity index (χ0v) is 45.2. The second kappa shape index (κ2) is 15.5. The summed E-state index contributed by atoms with van der Waals surface area (Å²) in [7, 11) is 0. The fourth-order valence-electron chi connectivity index (χ4n) is 13.0. The van der Waals surface area contributed by atoms with Crippen LogP contribution in [0.2, 0.25) is 0 Å². The maximum Gasteiger partial charge on any atom is 0.217 e. The van der Waals surface area contributed by atoms with Crippen molar-refractivity contribution in [2.24, 2.45) is 4.99 Å². The standard InChI is InChI=1S/C66H72N4O/c1-37-18-20-54-49(28-37)50-35-53-57(36-56(50)70(54)58-34-46(23-25-67-58)62(8,9)10)69(55-21-19-38(2)29-52(55)64(53,14)15)47-32-44(59-40(4)26-39(3)27-41(59)5)31-45(33-47)61-68-65(16)24-22-48-43(7)60(63(11,12)13)42(6)30-51(48)66(65,17)71-61/h18-21,23,25-36H,22,24H2,1-17H3/t65-,66+/m1/s1/i22D2. The van der Waals surface area contributed by atoms with E-state index in [9.17, 15) is 2.74 Å². The molecule has 5 heteroatoms. The Morgan fingerprint density at radius 3 is 1.97 bits per heavy atom. The van der Waals surface area contributed by atoms with Crippen molar-refractivity contribution in [1.29, 1.82) is 0 Å². The Morgan fingerprint density at radius 1 is 0.606 bits per heavy atom. The molecule has 2 aromatic heterocycles. The van der Waals surface area contributed by atoms with Crippen molar-refractivity contribution in [3.05, 3.63) is 181 Å². The van der Waals surface area contributed by atoms with Crippen molar-refractivity contribution in [3.63, 3.8) is 0 Å². The molecule has 5 nitrogen and oxygen atoms in total. The van der Waals surface area contributed by atoms with Gasteiger partial charge in [0.25, 0.3) is 0 Å². The number of ether oxygens (including phenoxy) is 1. The maximum absolute atomic E-state index is 9.76. The minimum absolute atomic E-state index is 0.0612. The molecule has 3 aliphatic rings. The van der Waals surface area contributed by atoms with Gasteiger partial charge in [0.1, 0.15) is 11.4 Å². The van der Waals surface area contributed by atoms with Gasteiger partial charge in [0.15, 0.2) is 5.60 Å². The van der Waals surface area contributed by atoms with Gasteiger partial charge in [0.2, 0.25) is 5.90 Å². The molecule has 4 heterocycles. The number of anilines is 3. The summed E-state index contributed by atoms with van der Waals surface area (Å²) in [4.78, 5) is 13.2. The van der Waals surface area contributed by atoms with Crippen molar-refractivity contribution >= 4 is 44.8 Å². The first kappa shape index (κ1) is 44.5. The van der Waals surface area contributed by atoms with Crippen LogP contribution in [0.25, 0.3) is 38.8 Å². The average molecular weight is 939 g/mol. The fraction of sp³-hybridized carbons (Fsp3) is 0.364. The number of aryl methyl sites for hydroxylation is 6. The minimum Gasteiger partial charge on any atom is -0.464 e. The fourth-order valence-corrected chi connectivity index (χ4v) is 13.0. The van der Waals surface area contributed by atoms with Crippen LogP contribution in [0.1, 0.15) is 156 Å². The molecule has 1 aliphatic carbocycles. The van der Waals surface area contributed by atoms with Crippen molar-refractivity contribution in [2.75, 3.05) is 4.90 Å². The highest BCUT2D eigenvalue weighted by atomic mass is 16.5. The normalized spacial score (nSPS) is 20.5. The summed E-state index contributed by atoms with van der Waals surface area (Å²) in [6.07, 6.45) is 0.524. The summed E-state index contributed by atoms with van der Waals surface area (Å²) in [5.74, 6) is 1.43. The summed E-state index contributed by atoms with van der Waals surface area (Å²) >= 11 is 0. The smallest absolute Gasteiger partial charge is 0.217 e. The van der Waals surface area contributed by atoms with Crippen LogP contribution >= 0.6 is 0 Å². The number of rotatable bonds is 4. The van der Waals surface area contributed by atoms with Crippen LogP contribution in [0.3, 0.4) is 0 Å². The number of nitrogens with zero attached hydrogens (tertiary/aromatic N) is 4. The second-order valence-electron chi connectivity index (χ2n) is 24.5. The van der Waals surface area contributed by atoms with Crippen LogP contribution in [0.4, 0.5) is 17.1 Å². The Kier molecular flexibility index (Phi) is 9.72. The lowest BCUT2D eigenvalue weighted by atomic mass is 9.65. The van der Waals surface area contributed by atoms with Gasteiger partial charge in [-0.1, -0.05) is 108 Å². The second-order valence-corrected chi connectivity index (χ2v) is 24.5. The molecule has 6 aromatic carbocycles. The molecular formula is C66H72N4O. The van der Waals surface area contributed by atoms with Crippen LogP contribution in [0.5, 0.6) is 0 Å². The molecule has 2 atom stereocenters. The summed E-state index contributed by atoms with van der Waals surface area (Å²) in [6, 6.07) is 36.7. The van der Waals surface area contributed by atoms with Crippen molar-refractivity contribution in [1.82, 2.24) is 9.55 Å². The van der Waals surface area contributed by atoms with E-state index in [2.05, 4.69) is 224 Å². The molecule has 0 bridgehead atoms. The van der Waals surface area contributed by atoms with Crippen LogP contribution in [-0.4, -0.2) is 21.0 Å². The molecule has 0 unspecified atom stereocenters. The molecular weight excluding hydrogens is 865 g/mol. The van der Waals surface area contributed by atoms with Gasteiger partial charge in [-0.25, -0.2) is 9.98 Å². The van der Waals surface area contributed by atoms with E-state index in [1.165, 1.54) is 66.4 Å². The highest BCUT2D eigenvalue weighted by Crippen LogP contribution is 2.57. The number of benzene rings is 6. The zero-order chi connectivity index (χ0) is 52.4. The molecule has 0 saturated carbocycles. The number of aromatic nitrogens is 2. The maximum atomic E-state index is 9.76. The molecule has 11 rings (SSSR count). The van der Waals surface area contributed by atoms with Crippen molar-refractivity contribution in [3.8, 4) is 16.9 Å². The Balaban J connectivity index is 1.19. The monoisotopic (exact) mass is 939 g/mol. The molecule has 0 N–H and O–H groups in total. The van der Waals surface area contributed by atoms with Crippen LogP contribution in [0, 0.1) is 48.5 Å². The minimum atomic E-state index is -1.63. The van der Waals surface area contributed by atoms with E-state index in [1.54, 1.807) is 0 Å². The third-order valence-corrected chi connectivity index (χ3v) is 16.6. The highest BCUT2D eigenvalue weighted by Gasteiger charge is 2.57. The van der Waals surface area contributed by atoms with Gasteiger partial charge in [0.05, 0.1) is 22.4 Å². The molecule has 0 spiro atoms. The summed E-state index contributed by atoms with van der Waals surface area (Å²) in [5.41, 5.74) is 21.0. The highest BCUT2D eigenvalue weighted by molar-refractivity contribution is 6.12. The van der Waals surface area contributed by atoms with E-state index < -0.39 is 17.5 Å². The molecule has 0 radical (unpaired) electrons. The number of hydrogen-bond acceptors (Lipinski definition) is 4. The van der Waals surface area contributed by atoms with Gasteiger partial charge in [-0.05, 0) is 208 Å². The quantitative estimate of drug-likeness (QED) is 0.177. The zero-order valence-electron chi connectivity index (χ0n) is 47.2. The van der Waals surface area contributed by atoms with Crippen molar-refractivity contribution < 1.29 is 7.48 Å². The predicted molar refractivity (Wildman–Crippen MR) is 300 cm³/mol. The topological polar surface area (TPSA) is 42.7 Å². The van der Waals surface area contributed by atoms with Gasteiger partial charge >= 0.3 is 0 Å². The van der Waals surface area contributed by atoms with Crippen LogP contribution < -0.4 is 4.90 Å². The molecule has 0 amide bonds. The van der Waals surface area contributed by atoms with Gasteiger partial charge in [-0.15, -0.1) is 0 Å². The molecule has 0 fully saturated rings. The van der Waals surface area contributed by atoms with Crippen LogP contribution in [-0.2, 0) is 33.0 Å². The number of fused-ring (bicyclic) bond motifs is 8. The number of aliphatic imine (C=N–C) groups is 1. The Hall–Kier alpha value is -6.46. The van der Waals surface area contributed by atoms with Crippen LogP contribution in [0.15, 0.2) is 108 Å². The molecule has 71 heavy (non-hydrogen) atoms. The summed E-state index contributed by atoms with van der Waals surface area (Å²) in [5, 5.41) is 2.40. The average Bonchev–Trinajstić information content (AvgIpc) is 3.74. The van der Waals surface area contributed by atoms with E-state index in [0.717, 1.165) is 67.3 Å². The predicted octanol–water partition coefficient (Wildman–Crippen LogP) is 17.1. The van der Waals surface area contributed by atoms with Gasteiger partial charge in [0, 0.05) is 41.9 Å². The Labute approximate surface area is 425 Å². The Bertz CT molecular complexity index is 3700. The first-order valence-electron chi connectivity index (χ1n) is 26.7. The van der Waals surface area contributed by atoms with E-state index in [4.69, 9.17) is 14.7 Å². The van der Waals surface area contributed by atoms with Gasteiger partial charge in [-0.3, -0.25) is 4.57 Å². The van der Waals surface area contributed by atoms with E-state index in [-0.39, 0.29) is 22.7 Å². The van der Waals surface area contributed by atoms with Gasteiger partial charge in [-0.2, -0.15) is 0 Å². The van der Waals surface area contributed by atoms with Crippen molar-refractivity contribution in [2.45, 2.75) is 158 Å². The third-order valence-electron chi connectivity index (χ3n) is 16.6. The summed E-state index contributed by atoms with van der Waals surface area (Å²) < 4.78 is 29.3. The molecule has 2 aliphatic heterocycles. The molecule has 0 saturated heterocycles. The third kappa shape index (κ3) is 7.07. The Morgan fingerprint density at radius 2 is 1.27 bits per heavy atom. The number of hydrogen-bond donors (Lipinski definition) is 0. The van der Waals surface area contributed by atoms with Gasteiger partial charge < -0.3 is 9.64 Å². The lowest BCUT2D eigenvalue weighted by Gasteiger charge is -2.44. The molecule has 8 aromatic rings. The number of pyridine rings is 1. The first-order chi connectivity index (χ1) is 34.0. The largest absolute Gasteiger partial charge is 0.464 e. The SMILES string of the molecule is [2H]C1([2H])C[C@@]2(C)N=C(c3cc(-c4c(C)cc(C)cc4C)cc(N4c5ccc(C)cc5C(C)(C)c5cc6c7cc(C)ccc7n(-c7cc(C(C)(C)C)ccn7)c6cc54)c3)O[C@@]2(C)c2cc(C)c(C(C)(C)C)c(C)c21. The van der Waals surface area contributed by atoms with E-state index >= 15 is 0 Å².